The first kappa shape index (κ1) is 42.3. The van der Waals surface area contributed by atoms with Crippen molar-refractivity contribution in [2.75, 3.05) is 24.6 Å². The summed E-state index contributed by atoms with van der Waals surface area (Å²) in [6, 6.07) is 27.6. The molecule has 4 rings (SSSR count). The Balaban J connectivity index is 0.000000290. The standard InChI is InChI=1S/C24H31NO4.C21H26O3/c1-4-7-9-17-21(29-24(28)18-13-10-8-11-14-18)23(27)19-15-12-16-20(22(19)26)25(5-2)6-3;1-2-3-4-5-6-10-15-24-18-13-14-19(20(22)16-18)21(23)17-11-8-7-9-12-17/h8,10-16,21,26H,4-7,9,17H2,1-3H3;7-9,11-14,16,22H,2-6,10,15H2,1H3. The van der Waals surface area contributed by atoms with Crippen molar-refractivity contribution in [1.29, 1.82) is 0 Å². The van der Waals surface area contributed by atoms with Crippen molar-refractivity contribution in [3.8, 4) is 17.2 Å². The van der Waals surface area contributed by atoms with Crippen molar-refractivity contribution in [1.82, 2.24) is 0 Å². The smallest absolute Gasteiger partial charge is 0.338 e. The number of unbranched alkanes of at least 4 members (excludes halogenated alkanes) is 7. The summed E-state index contributed by atoms with van der Waals surface area (Å²) in [6.45, 7) is 10.3. The molecule has 4 aromatic rings. The molecule has 0 saturated heterocycles. The number of para-hydroxylation sites is 1. The number of ether oxygens (including phenoxy) is 2. The summed E-state index contributed by atoms with van der Waals surface area (Å²) in [5, 5.41) is 20.9. The second-order valence-electron chi connectivity index (χ2n) is 13.0. The first-order chi connectivity index (χ1) is 25.7. The minimum atomic E-state index is -0.924. The van der Waals surface area contributed by atoms with Crippen molar-refractivity contribution in [3.63, 3.8) is 0 Å². The molecule has 53 heavy (non-hydrogen) atoms. The molecule has 0 aromatic heterocycles. The molecule has 1 atom stereocenters. The number of carbonyl (C=O) groups excluding carboxylic acids is 3. The molecular formula is C45H57NO7. The predicted octanol–water partition coefficient (Wildman–Crippen LogP) is 10.6. The summed E-state index contributed by atoms with van der Waals surface area (Å²) in [6.07, 6.45) is 9.47. The Hall–Kier alpha value is -5.11. The van der Waals surface area contributed by atoms with E-state index >= 15 is 0 Å². The number of phenols is 2. The lowest BCUT2D eigenvalue weighted by Crippen LogP contribution is -2.28. The van der Waals surface area contributed by atoms with Gasteiger partial charge in [0.15, 0.2) is 11.9 Å². The number of hydrogen-bond acceptors (Lipinski definition) is 8. The largest absolute Gasteiger partial charge is 0.507 e. The van der Waals surface area contributed by atoms with Gasteiger partial charge in [-0.1, -0.05) is 113 Å². The van der Waals surface area contributed by atoms with Gasteiger partial charge in [-0.15, -0.1) is 0 Å². The maximum Gasteiger partial charge on any atom is 0.338 e. The van der Waals surface area contributed by atoms with Gasteiger partial charge in [-0.25, -0.2) is 4.79 Å². The van der Waals surface area contributed by atoms with E-state index in [1.807, 2.05) is 43.0 Å². The fraction of sp³-hybridized carbons (Fsp3) is 0.400. The maximum absolute atomic E-state index is 13.2. The Morgan fingerprint density at radius 3 is 1.87 bits per heavy atom. The van der Waals surface area contributed by atoms with Crippen molar-refractivity contribution >= 4 is 23.2 Å². The Morgan fingerprint density at radius 1 is 0.642 bits per heavy atom. The molecule has 0 aliphatic rings. The van der Waals surface area contributed by atoms with Gasteiger partial charge in [-0.2, -0.15) is 0 Å². The molecule has 0 saturated carbocycles. The number of esters is 1. The van der Waals surface area contributed by atoms with Gasteiger partial charge in [0.25, 0.3) is 0 Å². The quantitative estimate of drug-likeness (QED) is 0.0496. The third-order valence-electron chi connectivity index (χ3n) is 9.02. The highest BCUT2D eigenvalue weighted by molar-refractivity contribution is 6.10. The Kier molecular flexibility index (Phi) is 18.7. The molecule has 1 unspecified atom stereocenters. The summed E-state index contributed by atoms with van der Waals surface area (Å²) >= 11 is 0. The normalized spacial score (nSPS) is 11.2. The maximum atomic E-state index is 13.2. The fourth-order valence-electron chi connectivity index (χ4n) is 5.93. The molecular weight excluding hydrogens is 666 g/mol. The first-order valence-corrected chi connectivity index (χ1v) is 19.2. The molecule has 0 aliphatic heterocycles. The van der Waals surface area contributed by atoms with E-state index in [1.165, 1.54) is 31.7 Å². The van der Waals surface area contributed by atoms with Crippen LogP contribution >= 0.6 is 0 Å². The van der Waals surface area contributed by atoms with Crippen LogP contribution in [0.5, 0.6) is 17.2 Å². The number of aromatic hydroxyl groups is 2. The van der Waals surface area contributed by atoms with E-state index in [0.29, 0.717) is 54.2 Å². The lowest BCUT2D eigenvalue weighted by atomic mass is 9.99. The minimum Gasteiger partial charge on any atom is -0.507 e. The summed E-state index contributed by atoms with van der Waals surface area (Å²) < 4.78 is 11.3. The highest BCUT2D eigenvalue weighted by atomic mass is 16.5. The van der Waals surface area contributed by atoms with Gasteiger partial charge in [0.2, 0.25) is 5.78 Å². The Bertz CT molecular complexity index is 1690. The summed E-state index contributed by atoms with van der Waals surface area (Å²) in [7, 11) is 0. The predicted molar refractivity (Wildman–Crippen MR) is 213 cm³/mol. The van der Waals surface area contributed by atoms with Crippen molar-refractivity contribution in [2.45, 2.75) is 98.0 Å². The first-order valence-electron chi connectivity index (χ1n) is 19.2. The van der Waals surface area contributed by atoms with Gasteiger partial charge >= 0.3 is 5.97 Å². The number of nitrogens with zero attached hydrogens (tertiary/aromatic N) is 1. The van der Waals surface area contributed by atoms with Crippen LogP contribution in [-0.2, 0) is 4.74 Å². The summed E-state index contributed by atoms with van der Waals surface area (Å²) in [5.41, 5.74) is 2.07. The molecule has 0 fully saturated rings. The minimum absolute atomic E-state index is 0.0377. The van der Waals surface area contributed by atoms with Crippen LogP contribution in [0.4, 0.5) is 5.69 Å². The van der Waals surface area contributed by atoms with Crippen LogP contribution in [0.1, 0.15) is 129 Å². The number of carbonyl (C=O) groups is 3. The van der Waals surface area contributed by atoms with Gasteiger partial charge in [-0.05, 0) is 69.5 Å². The average Bonchev–Trinajstić information content (AvgIpc) is 3.18. The molecule has 4 aromatic carbocycles. The third kappa shape index (κ3) is 13.4. The number of hydrogen-bond donors (Lipinski definition) is 2. The molecule has 2 N–H and O–H groups in total. The van der Waals surface area contributed by atoms with Crippen LogP contribution in [0.25, 0.3) is 0 Å². The number of Topliss-reactive ketones (excluding diaryl/α,β-unsaturated/α-hetero) is 1. The van der Waals surface area contributed by atoms with Gasteiger partial charge in [0.1, 0.15) is 17.2 Å². The van der Waals surface area contributed by atoms with E-state index in [2.05, 4.69) is 13.8 Å². The van der Waals surface area contributed by atoms with Crippen molar-refractivity contribution in [2.24, 2.45) is 0 Å². The zero-order valence-corrected chi connectivity index (χ0v) is 31.9. The lowest BCUT2D eigenvalue weighted by molar-refractivity contribution is 0.0261. The SMILES string of the molecule is CCCCCC(OC(=O)c1ccccc1)C(=O)c1cccc(N(CC)CC)c1O.CCCCCCCCOc1ccc(C(=O)c2ccccc2)c(O)c1. The molecule has 0 amide bonds. The van der Waals surface area contributed by atoms with Crippen LogP contribution < -0.4 is 9.64 Å². The van der Waals surface area contributed by atoms with E-state index in [1.54, 1.807) is 66.7 Å². The van der Waals surface area contributed by atoms with Crippen LogP contribution in [0.3, 0.4) is 0 Å². The zero-order valence-electron chi connectivity index (χ0n) is 31.9. The van der Waals surface area contributed by atoms with Gasteiger partial charge in [-0.3, -0.25) is 9.59 Å². The average molecular weight is 724 g/mol. The molecule has 0 bridgehead atoms. The molecule has 0 heterocycles. The zero-order chi connectivity index (χ0) is 38.4. The van der Waals surface area contributed by atoms with Gasteiger partial charge in [0.05, 0.1) is 29.0 Å². The molecule has 8 nitrogen and oxygen atoms in total. The van der Waals surface area contributed by atoms with E-state index in [9.17, 15) is 24.6 Å². The highest BCUT2D eigenvalue weighted by Crippen LogP contribution is 2.33. The van der Waals surface area contributed by atoms with Crippen molar-refractivity contribution < 1.29 is 34.1 Å². The number of rotatable bonds is 21. The Morgan fingerprint density at radius 2 is 1.25 bits per heavy atom. The van der Waals surface area contributed by atoms with Crippen molar-refractivity contribution in [3.05, 3.63) is 119 Å². The lowest BCUT2D eigenvalue weighted by Gasteiger charge is -2.24. The van der Waals surface area contributed by atoms with Crippen LogP contribution in [0.2, 0.25) is 0 Å². The molecule has 284 valence electrons. The van der Waals surface area contributed by atoms with E-state index in [0.717, 1.165) is 32.1 Å². The highest BCUT2D eigenvalue weighted by Gasteiger charge is 2.28. The fourth-order valence-corrected chi connectivity index (χ4v) is 5.93. The van der Waals surface area contributed by atoms with E-state index < -0.39 is 12.1 Å². The summed E-state index contributed by atoms with van der Waals surface area (Å²) in [5.74, 6) is -0.570. The molecule has 8 heteroatoms. The molecule has 0 radical (unpaired) electrons. The number of benzene rings is 4. The van der Waals surface area contributed by atoms with E-state index in [-0.39, 0.29) is 28.6 Å². The number of anilines is 1. The second kappa shape index (κ2) is 23.5. The number of ketones is 2. The monoisotopic (exact) mass is 723 g/mol. The van der Waals surface area contributed by atoms with Gasteiger partial charge < -0.3 is 24.6 Å². The van der Waals surface area contributed by atoms with Crippen LogP contribution in [0.15, 0.2) is 97.1 Å². The van der Waals surface area contributed by atoms with Crippen LogP contribution in [0, 0.1) is 0 Å². The molecule has 0 aliphatic carbocycles. The van der Waals surface area contributed by atoms with Gasteiger partial charge in [0, 0.05) is 24.7 Å². The topological polar surface area (TPSA) is 113 Å². The van der Waals surface area contributed by atoms with Crippen LogP contribution in [-0.4, -0.2) is 53.5 Å². The van der Waals surface area contributed by atoms with E-state index in [4.69, 9.17) is 9.47 Å². The molecule has 0 spiro atoms. The summed E-state index contributed by atoms with van der Waals surface area (Å²) in [4.78, 5) is 40.1. The number of phenolic OH excluding ortho intramolecular Hbond substituents is 2. The third-order valence-corrected chi connectivity index (χ3v) is 9.02. The Labute approximate surface area is 315 Å². The second-order valence-corrected chi connectivity index (χ2v) is 13.0.